The second-order valence-electron chi connectivity index (χ2n) is 5.60. The molecular formula is C16H18ClN3O3. The van der Waals surface area contributed by atoms with Gasteiger partial charge in [0.1, 0.15) is 6.04 Å². The number of rotatable bonds is 4. The third-order valence-corrected chi connectivity index (χ3v) is 4.19. The highest BCUT2D eigenvalue weighted by Crippen LogP contribution is 2.30. The van der Waals surface area contributed by atoms with E-state index in [0.717, 1.165) is 5.56 Å². The molecule has 1 N–H and O–H groups in total. The monoisotopic (exact) mass is 335 g/mol. The third kappa shape index (κ3) is 3.55. The maximum Gasteiger partial charge on any atom is 0.325 e. The lowest BCUT2D eigenvalue weighted by Gasteiger charge is -2.36. The number of hydrogen-bond acceptors (Lipinski definition) is 4. The van der Waals surface area contributed by atoms with Crippen molar-refractivity contribution in [1.82, 2.24) is 14.7 Å². The lowest BCUT2D eigenvalue weighted by atomic mass is 10.0. The van der Waals surface area contributed by atoms with Crippen molar-refractivity contribution in [3.05, 3.63) is 52.8 Å². The van der Waals surface area contributed by atoms with Gasteiger partial charge in [-0.25, -0.2) is 0 Å². The maximum atomic E-state index is 11.8. The fraction of sp³-hybridized carbons (Fsp3) is 0.375. The van der Waals surface area contributed by atoms with E-state index in [9.17, 15) is 9.90 Å². The first-order chi connectivity index (χ1) is 11.0. The number of hydrogen-bond donors (Lipinski definition) is 1. The van der Waals surface area contributed by atoms with Gasteiger partial charge in [-0.05, 0) is 17.7 Å². The highest BCUT2D eigenvalue weighted by molar-refractivity contribution is 6.30. The molecule has 1 aromatic carbocycles. The minimum Gasteiger partial charge on any atom is -0.480 e. The van der Waals surface area contributed by atoms with E-state index in [1.165, 1.54) is 0 Å². The summed E-state index contributed by atoms with van der Waals surface area (Å²) in [5.41, 5.74) is 1.63. The summed E-state index contributed by atoms with van der Waals surface area (Å²) in [6.45, 7) is 1.53. The number of aromatic nitrogens is 2. The molecule has 7 heteroatoms. The molecule has 1 saturated heterocycles. The molecule has 0 spiro atoms. The second kappa shape index (κ2) is 6.70. The highest BCUT2D eigenvalue weighted by Gasteiger charge is 2.33. The van der Waals surface area contributed by atoms with Crippen LogP contribution in [0.5, 0.6) is 0 Å². The van der Waals surface area contributed by atoms with Crippen LogP contribution in [0.3, 0.4) is 0 Å². The normalized spacial score (nSPS) is 20.3. The quantitative estimate of drug-likeness (QED) is 0.928. The lowest BCUT2D eigenvalue weighted by molar-refractivity contribution is -0.147. The van der Waals surface area contributed by atoms with Gasteiger partial charge in [-0.2, -0.15) is 5.10 Å². The van der Waals surface area contributed by atoms with Crippen molar-refractivity contribution in [3.63, 3.8) is 0 Å². The summed E-state index contributed by atoms with van der Waals surface area (Å²) in [7, 11) is 1.84. The van der Waals surface area contributed by atoms with Crippen LogP contribution in [0.2, 0.25) is 5.02 Å². The summed E-state index contributed by atoms with van der Waals surface area (Å²) in [6, 6.07) is 6.26. The van der Waals surface area contributed by atoms with E-state index in [-0.39, 0.29) is 6.10 Å². The van der Waals surface area contributed by atoms with E-state index in [4.69, 9.17) is 16.3 Å². The molecule has 6 nitrogen and oxygen atoms in total. The maximum absolute atomic E-state index is 11.8. The summed E-state index contributed by atoms with van der Waals surface area (Å²) >= 11 is 6.01. The van der Waals surface area contributed by atoms with Crippen molar-refractivity contribution < 1.29 is 14.6 Å². The van der Waals surface area contributed by atoms with Crippen molar-refractivity contribution >= 4 is 17.6 Å². The predicted molar refractivity (Wildman–Crippen MR) is 85.3 cm³/mol. The number of morpholine rings is 1. The average molecular weight is 336 g/mol. The summed E-state index contributed by atoms with van der Waals surface area (Å²) < 4.78 is 7.49. The number of carboxylic acids is 1. The Labute approximate surface area is 139 Å². The minimum absolute atomic E-state index is 0.182. The van der Waals surface area contributed by atoms with Crippen molar-refractivity contribution in [2.45, 2.75) is 12.1 Å². The molecule has 1 aliphatic rings. The molecule has 0 bridgehead atoms. The van der Waals surface area contributed by atoms with Crippen molar-refractivity contribution in [1.29, 1.82) is 0 Å². The molecule has 2 aromatic rings. The molecule has 3 rings (SSSR count). The summed E-state index contributed by atoms with van der Waals surface area (Å²) in [5.74, 6) is -0.890. The summed E-state index contributed by atoms with van der Waals surface area (Å²) in [4.78, 5) is 13.7. The predicted octanol–water partition coefficient (Wildman–Crippen LogP) is 2.27. The van der Waals surface area contributed by atoms with E-state index in [2.05, 4.69) is 5.10 Å². The molecule has 122 valence electrons. The molecule has 1 aromatic heterocycles. The molecule has 0 saturated carbocycles. The number of aliphatic carboxylic acids is 1. The van der Waals surface area contributed by atoms with Crippen LogP contribution >= 0.6 is 11.6 Å². The zero-order chi connectivity index (χ0) is 16.4. The van der Waals surface area contributed by atoms with Gasteiger partial charge in [-0.15, -0.1) is 0 Å². The van der Waals surface area contributed by atoms with Gasteiger partial charge in [-0.1, -0.05) is 23.7 Å². The van der Waals surface area contributed by atoms with Gasteiger partial charge in [0.05, 0.1) is 18.9 Å². The van der Waals surface area contributed by atoms with E-state index < -0.39 is 12.0 Å². The Morgan fingerprint density at radius 1 is 1.52 bits per heavy atom. The van der Waals surface area contributed by atoms with Crippen molar-refractivity contribution in [2.24, 2.45) is 7.05 Å². The minimum atomic E-state index is -0.890. The zero-order valence-corrected chi connectivity index (χ0v) is 13.5. The SMILES string of the molecule is Cn1cc(C2CN(C(C(=O)O)c3cccc(Cl)c3)CCO2)cn1. The number of ether oxygens (including phenoxy) is 1. The number of nitrogens with zero attached hydrogens (tertiary/aromatic N) is 3. The Hall–Kier alpha value is -1.89. The molecule has 2 atom stereocenters. The Morgan fingerprint density at radius 2 is 2.35 bits per heavy atom. The van der Waals surface area contributed by atoms with Crippen LogP contribution in [0.4, 0.5) is 0 Å². The van der Waals surface area contributed by atoms with Gasteiger partial charge in [-0.3, -0.25) is 14.4 Å². The zero-order valence-electron chi connectivity index (χ0n) is 12.7. The van der Waals surface area contributed by atoms with Gasteiger partial charge in [0.2, 0.25) is 0 Å². The van der Waals surface area contributed by atoms with E-state index in [1.54, 1.807) is 35.1 Å². The molecule has 2 heterocycles. The largest absolute Gasteiger partial charge is 0.480 e. The number of benzene rings is 1. The first kappa shape index (κ1) is 16.0. The van der Waals surface area contributed by atoms with Crippen LogP contribution in [0.15, 0.2) is 36.7 Å². The molecular weight excluding hydrogens is 318 g/mol. The van der Waals surface area contributed by atoms with Gasteiger partial charge in [0, 0.05) is 36.9 Å². The van der Waals surface area contributed by atoms with Crippen LogP contribution in [-0.2, 0) is 16.6 Å². The number of carbonyl (C=O) groups is 1. The highest BCUT2D eigenvalue weighted by atomic mass is 35.5. The fourth-order valence-electron chi connectivity index (χ4n) is 2.90. The lowest BCUT2D eigenvalue weighted by Crippen LogP contribution is -2.43. The van der Waals surface area contributed by atoms with Gasteiger partial charge >= 0.3 is 5.97 Å². The van der Waals surface area contributed by atoms with Gasteiger partial charge in [0.15, 0.2) is 0 Å². The standard InChI is InChI=1S/C16H18ClN3O3/c1-19-9-12(8-18-19)14-10-20(5-6-23-14)15(16(21)22)11-3-2-4-13(17)7-11/h2-4,7-9,14-15H,5-6,10H2,1H3,(H,21,22). The number of aryl methyl sites for hydroxylation is 1. The molecule has 23 heavy (non-hydrogen) atoms. The Kier molecular flexibility index (Phi) is 4.66. The van der Waals surface area contributed by atoms with Crippen LogP contribution in [-0.4, -0.2) is 45.5 Å². The summed E-state index contributed by atoms with van der Waals surface area (Å²) in [6.07, 6.45) is 3.46. The topological polar surface area (TPSA) is 67.6 Å². The Balaban J connectivity index is 1.83. The van der Waals surface area contributed by atoms with Crippen molar-refractivity contribution in [2.75, 3.05) is 19.7 Å². The molecule has 1 fully saturated rings. The van der Waals surface area contributed by atoms with Gasteiger partial charge in [0.25, 0.3) is 0 Å². The fourth-order valence-corrected chi connectivity index (χ4v) is 3.10. The number of carboxylic acid groups (broad SMARTS) is 1. The van der Waals surface area contributed by atoms with Crippen LogP contribution in [0.1, 0.15) is 23.3 Å². The van der Waals surface area contributed by atoms with Crippen LogP contribution < -0.4 is 0 Å². The van der Waals surface area contributed by atoms with E-state index in [1.807, 2.05) is 18.1 Å². The third-order valence-electron chi connectivity index (χ3n) is 3.96. The number of halogens is 1. The Bertz CT molecular complexity index is 703. The molecule has 2 unspecified atom stereocenters. The molecule has 0 aliphatic carbocycles. The van der Waals surface area contributed by atoms with Crippen LogP contribution in [0, 0.1) is 0 Å². The molecule has 1 aliphatic heterocycles. The van der Waals surface area contributed by atoms with E-state index >= 15 is 0 Å². The molecule has 0 amide bonds. The second-order valence-corrected chi connectivity index (χ2v) is 6.03. The first-order valence-corrected chi connectivity index (χ1v) is 7.75. The van der Waals surface area contributed by atoms with Crippen molar-refractivity contribution in [3.8, 4) is 0 Å². The average Bonchev–Trinajstić information content (AvgIpc) is 2.94. The molecule has 0 radical (unpaired) electrons. The first-order valence-electron chi connectivity index (χ1n) is 7.37. The van der Waals surface area contributed by atoms with Gasteiger partial charge < -0.3 is 9.84 Å². The van der Waals surface area contributed by atoms with E-state index in [0.29, 0.717) is 30.3 Å². The summed E-state index contributed by atoms with van der Waals surface area (Å²) in [5, 5.41) is 14.4. The smallest absolute Gasteiger partial charge is 0.325 e. The van der Waals surface area contributed by atoms with Crippen LogP contribution in [0.25, 0.3) is 0 Å². The Morgan fingerprint density at radius 3 is 3.00 bits per heavy atom.